The van der Waals surface area contributed by atoms with Gasteiger partial charge in [0.1, 0.15) is 23.7 Å². The minimum absolute atomic E-state index is 0. The number of nitrogens with one attached hydrogen (secondary N) is 2. The van der Waals surface area contributed by atoms with E-state index in [0.717, 1.165) is 36.0 Å². The van der Waals surface area contributed by atoms with Gasteiger partial charge in [-0.3, -0.25) is 4.98 Å². The predicted molar refractivity (Wildman–Crippen MR) is 123 cm³/mol. The number of guanidine groups is 1. The number of rotatable bonds is 6. The van der Waals surface area contributed by atoms with Gasteiger partial charge in [0.05, 0.1) is 18.8 Å². The standard InChI is InChI=1S/C21H28N4O2.HI/c1-4-23-20(24-12-13-26-16-8-7-11-22-15-16)25-18-14-21(2,3)27-19-10-6-5-9-17(18)19;/h5-11,15,18H,4,12-14H2,1-3H3,(H2,23,24,25);1H. The minimum Gasteiger partial charge on any atom is -0.490 e. The highest BCUT2D eigenvalue weighted by Gasteiger charge is 2.33. The number of halogens is 1. The van der Waals surface area contributed by atoms with E-state index in [0.29, 0.717) is 13.2 Å². The molecule has 0 bridgehead atoms. The van der Waals surface area contributed by atoms with Gasteiger partial charge in [0.2, 0.25) is 0 Å². The first-order valence-electron chi connectivity index (χ1n) is 9.43. The zero-order chi connectivity index (χ0) is 19.1. The number of pyridine rings is 1. The summed E-state index contributed by atoms with van der Waals surface area (Å²) < 4.78 is 11.8. The Morgan fingerprint density at radius 2 is 2.11 bits per heavy atom. The molecular weight excluding hydrogens is 467 g/mol. The van der Waals surface area contributed by atoms with E-state index in [-0.39, 0.29) is 35.6 Å². The average Bonchev–Trinajstić information content (AvgIpc) is 2.65. The summed E-state index contributed by atoms with van der Waals surface area (Å²) in [5, 5.41) is 6.88. The van der Waals surface area contributed by atoms with Gasteiger partial charge >= 0.3 is 0 Å². The summed E-state index contributed by atoms with van der Waals surface area (Å²) in [6.45, 7) is 8.14. The zero-order valence-corrected chi connectivity index (χ0v) is 19.0. The van der Waals surface area contributed by atoms with Crippen molar-refractivity contribution in [2.75, 3.05) is 19.7 Å². The second-order valence-corrected chi connectivity index (χ2v) is 7.10. The van der Waals surface area contributed by atoms with Crippen molar-refractivity contribution in [1.82, 2.24) is 15.6 Å². The average molecular weight is 496 g/mol. The third-order valence-corrected chi connectivity index (χ3v) is 4.30. The largest absolute Gasteiger partial charge is 0.490 e. The van der Waals surface area contributed by atoms with Crippen LogP contribution in [0.5, 0.6) is 11.5 Å². The number of aromatic nitrogens is 1. The van der Waals surface area contributed by atoms with Crippen molar-refractivity contribution >= 4 is 29.9 Å². The number of nitrogens with zero attached hydrogens (tertiary/aromatic N) is 2. The summed E-state index contributed by atoms with van der Waals surface area (Å²) in [6.07, 6.45) is 4.29. The van der Waals surface area contributed by atoms with Gasteiger partial charge < -0.3 is 20.1 Å². The van der Waals surface area contributed by atoms with E-state index in [1.807, 2.05) is 30.3 Å². The van der Waals surface area contributed by atoms with Gasteiger partial charge in [0.25, 0.3) is 0 Å². The van der Waals surface area contributed by atoms with Crippen LogP contribution < -0.4 is 20.1 Å². The molecule has 0 saturated heterocycles. The minimum atomic E-state index is -0.229. The third-order valence-electron chi connectivity index (χ3n) is 4.30. The molecule has 152 valence electrons. The van der Waals surface area contributed by atoms with Crippen LogP contribution in [0.2, 0.25) is 0 Å². The number of aliphatic imine (C=N–C) groups is 1. The second-order valence-electron chi connectivity index (χ2n) is 7.10. The Kier molecular flexibility index (Phi) is 8.35. The van der Waals surface area contributed by atoms with Crippen molar-refractivity contribution in [2.45, 2.75) is 38.8 Å². The Morgan fingerprint density at radius 1 is 1.29 bits per heavy atom. The first kappa shape index (κ1) is 22.3. The molecule has 28 heavy (non-hydrogen) atoms. The third kappa shape index (κ3) is 6.25. The maximum Gasteiger partial charge on any atom is 0.191 e. The van der Waals surface area contributed by atoms with E-state index in [1.54, 1.807) is 12.4 Å². The van der Waals surface area contributed by atoms with Crippen LogP contribution in [0.4, 0.5) is 0 Å². The lowest BCUT2D eigenvalue weighted by Crippen LogP contribution is -2.45. The van der Waals surface area contributed by atoms with Crippen LogP contribution in [0.15, 0.2) is 53.8 Å². The van der Waals surface area contributed by atoms with E-state index in [9.17, 15) is 0 Å². The monoisotopic (exact) mass is 496 g/mol. The van der Waals surface area contributed by atoms with E-state index >= 15 is 0 Å². The fraction of sp³-hybridized carbons (Fsp3) is 0.429. The first-order valence-corrected chi connectivity index (χ1v) is 9.43. The van der Waals surface area contributed by atoms with Crippen LogP contribution >= 0.6 is 24.0 Å². The molecule has 0 saturated carbocycles. The van der Waals surface area contributed by atoms with Crippen molar-refractivity contribution in [3.05, 3.63) is 54.4 Å². The smallest absolute Gasteiger partial charge is 0.191 e. The summed E-state index contributed by atoms with van der Waals surface area (Å²) >= 11 is 0. The fourth-order valence-electron chi connectivity index (χ4n) is 3.17. The molecule has 0 aliphatic carbocycles. The zero-order valence-electron chi connectivity index (χ0n) is 16.6. The van der Waals surface area contributed by atoms with E-state index in [4.69, 9.17) is 9.47 Å². The number of hydrogen-bond donors (Lipinski definition) is 2. The number of hydrogen-bond acceptors (Lipinski definition) is 4. The molecule has 3 rings (SSSR count). The molecule has 1 aromatic carbocycles. The van der Waals surface area contributed by atoms with Crippen LogP contribution in [0.1, 0.15) is 38.8 Å². The van der Waals surface area contributed by atoms with Crippen LogP contribution in [0.3, 0.4) is 0 Å². The molecule has 1 aromatic heterocycles. The van der Waals surface area contributed by atoms with Crippen molar-refractivity contribution in [3.63, 3.8) is 0 Å². The topological polar surface area (TPSA) is 67.8 Å². The maximum atomic E-state index is 6.11. The molecule has 2 aromatic rings. The molecule has 1 aliphatic rings. The molecule has 0 spiro atoms. The SMILES string of the molecule is CCNC(=NCCOc1cccnc1)NC1CC(C)(C)Oc2ccccc21.I. The van der Waals surface area contributed by atoms with Gasteiger partial charge in [-0.15, -0.1) is 24.0 Å². The number of para-hydroxylation sites is 1. The summed E-state index contributed by atoms with van der Waals surface area (Å²) in [5.74, 6) is 2.47. The summed E-state index contributed by atoms with van der Waals surface area (Å²) in [7, 11) is 0. The van der Waals surface area contributed by atoms with Gasteiger partial charge in [-0.1, -0.05) is 18.2 Å². The normalized spacial score (nSPS) is 17.5. The van der Waals surface area contributed by atoms with Crippen molar-refractivity contribution in [3.8, 4) is 11.5 Å². The molecular formula is C21H29IN4O2. The molecule has 2 N–H and O–H groups in total. The molecule has 1 aliphatic heterocycles. The van der Waals surface area contributed by atoms with Crippen molar-refractivity contribution in [2.24, 2.45) is 4.99 Å². The highest BCUT2D eigenvalue weighted by atomic mass is 127. The quantitative estimate of drug-likeness (QED) is 0.275. The van der Waals surface area contributed by atoms with Gasteiger partial charge in [0.15, 0.2) is 5.96 Å². The Morgan fingerprint density at radius 3 is 2.86 bits per heavy atom. The van der Waals surface area contributed by atoms with Crippen LogP contribution in [-0.4, -0.2) is 36.2 Å². The first-order chi connectivity index (χ1) is 13.1. The van der Waals surface area contributed by atoms with Gasteiger partial charge in [-0.25, -0.2) is 4.99 Å². The van der Waals surface area contributed by atoms with Crippen LogP contribution in [0.25, 0.3) is 0 Å². The van der Waals surface area contributed by atoms with Gasteiger partial charge in [-0.2, -0.15) is 0 Å². The molecule has 0 amide bonds. The molecule has 7 heteroatoms. The van der Waals surface area contributed by atoms with Crippen molar-refractivity contribution in [1.29, 1.82) is 0 Å². The summed E-state index contributed by atoms with van der Waals surface area (Å²) in [6, 6.07) is 12.1. The van der Waals surface area contributed by atoms with Gasteiger partial charge in [-0.05, 0) is 39.0 Å². The molecule has 2 heterocycles. The summed E-state index contributed by atoms with van der Waals surface area (Å²) in [4.78, 5) is 8.69. The number of ether oxygens (including phenoxy) is 2. The van der Waals surface area contributed by atoms with Gasteiger partial charge in [0, 0.05) is 24.7 Å². The second kappa shape index (κ2) is 10.5. The van der Waals surface area contributed by atoms with Crippen LogP contribution in [-0.2, 0) is 0 Å². The lowest BCUT2D eigenvalue weighted by molar-refractivity contribution is 0.0694. The Hall–Kier alpha value is -2.03. The Labute approximate surface area is 184 Å². The lowest BCUT2D eigenvalue weighted by atomic mass is 9.90. The number of benzene rings is 1. The van der Waals surface area contributed by atoms with E-state index in [1.165, 1.54) is 0 Å². The molecule has 1 unspecified atom stereocenters. The molecule has 6 nitrogen and oxygen atoms in total. The molecule has 1 atom stereocenters. The summed E-state index contributed by atoms with van der Waals surface area (Å²) in [5.41, 5.74) is 0.932. The van der Waals surface area contributed by atoms with Crippen LogP contribution in [0, 0.1) is 0 Å². The maximum absolute atomic E-state index is 6.11. The lowest BCUT2D eigenvalue weighted by Gasteiger charge is -2.38. The predicted octanol–water partition coefficient (Wildman–Crippen LogP) is 3.94. The fourth-order valence-corrected chi connectivity index (χ4v) is 3.17. The van der Waals surface area contributed by atoms with E-state index in [2.05, 4.69) is 47.4 Å². The Balaban J connectivity index is 0.00000280. The van der Waals surface area contributed by atoms with E-state index < -0.39 is 0 Å². The highest BCUT2D eigenvalue weighted by molar-refractivity contribution is 14.0. The molecule has 0 fully saturated rings. The number of fused-ring (bicyclic) bond motifs is 1. The Bertz CT molecular complexity index is 768. The highest BCUT2D eigenvalue weighted by Crippen LogP contribution is 2.39. The molecule has 0 radical (unpaired) electrons. The van der Waals surface area contributed by atoms with Crippen molar-refractivity contribution < 1.29 is 9.47 Å².